The lowest BCUT2D eigenvalue weighted by molar-refractivity contribution is -0.139. The number of aliphatic hydroxyl groups excluding tert-OH is 2. The molecule has 140 valence electrons. The minimum Gasteiger partial charge on any atom is -0.394 e. The zero-order valence-electron chi connectivity index (χ0n) is 15.1. The third-order valence-corrected chi connectivity index (χ3v) is 4.55. The average Bonchev–Trinajstić information content (AvgIpc) is 2.58. The van der Waals surface area contributed by atoms with E-state index in [0.717, 1.165) is 24.5 Å². The molecule has 1 saturated heterocycles. The second kappa shape index (κ2) is 8.25. The highest BCUT2D eigenvalue weighted by Crippen LogP contribution is 2.30. The van der Waals surface area contributed by atoms with Gasteiger partial charge in [-0.1, -0.05) is 32.4 Å². The van der Waals surface area contributed by atoms with Crippen LogP contribution in [0, 0.1) is 5.41 Å². The highest BCUT2D eigenvalue weighted by atomic mass is 35.5. The molecule has 25 heavy (non-hydrogen) atoms. The van der Waals surface area contributed by atoms with Crippen molar-refractivity contribution in [1.82, 2.24) is 4.90 Å². The Morgan fingerprint density at radius 2 is 1.92 bits per heavy atom. The van der Waals surface area contributed by atoms with E-state index in [2.05, 4.69) is 10.2 Å². The fourth-order valence-electron chi connectivity index (χ4n) is 2.80. The molecule has 1 aromatic rings. The summed E-state index contributed by atoms with van der Waals surface area (Å²) in [6.45, 7) is 8.68. The summed E-state index contributed by atoms with van der Waals surface area (Å²) in [5, 5.41) is 21.9. The summed E-state index contributed by atoms with van der Waals surface area (Å²) < 4.78 is 0. The van der Waals surface area contributed by atoms with Gasteiger partial charge in [0.15, 0.2) is 0 Å². The standard InChI is InChI=1S/C18H28ClN3O3/c1-18(2,3)17(25)22-8-6-21(7-9-22)16-5-4-13(10-15(16)19)20-11-14(24)12-23/h4-5,10,14,20,23-24H,6-9,11-12H2,1-3H3. The van der Waals surface area contributed by atoms with Crippen molar-refractivity contribution in [3.05, 3.63) is 23.2 Å². The van der Waals surface area contributed by atoms with Crippen molar-refractivity contribution in [3.63, 3.8) is 0 Å². The molecule has 0 bridgehead atoms. The third-order valence-electron chi connectivity index (χ3n) is 4.25. The van der Waals surface area contributed by atoms with Crippen molar-refractivity contribution in [2.75, 3.05) is 49.5 Å². The Balaban J connectivity index is 1.96. The maximum Gasteiger partial charge on any atom is 0.228 e. The number of hydrogen-bond acceptors (Lipinski definition) is 5. The number of carbonyl (C=O) groups is 1. The Morgan fingerprint density at radius 1 is 1.28 bits per heavy atom. The SMILES string of the molecule is CC(C)(C)C(=O)N1CCN(c2ccc(NCC(O)CO)cc2Cl)CC1. The van der Waals surface area contributed by atoms with E-state index in [9.17, 15) is 9.90 Å². The molecule has 2 rings (SSSR count). The zero-order chi connectivity index (χ0) is 18.6. The minimum absolute atomic E-state index is 0.181. The van der Waals surface area contributed by atoms with Gasteiger partial charge in [0.25, 0.3) is 0 Å². The predicted octanol–water partition coefficient (Wildman–Crippen LogP) is 1.80. The number of nitrogens with zero attached hydrogens (tertiary/aromatic N) is 2. The Labute approximate surface area is 154 Å². The molecule has 1 aliphatic heterocycles. The van der Waals surface area contributed by atoms with Crippen LogP contribution in [0.2, 0.25) is 5.02 Å². The van der Waals surface area contributed by atoms with E-state index < -0.39 is 6.10 Å². The van der Waals surface area contributed by atoms with Crippen LogP contribution in [-0.4, -0.2) is 66.5 Å². The number of piperazine rings is 1. The van der Waals surface area contributed by atoms with Gasteiger partial charge in [-0.2, -0.15) is 0 Å². The molecule has 1 heterocycles. The van der Waals surface area contributed by atoms with Crippen molar-refractivity contribution in [2.45, 2.75) is 26.9 Å². The molecule has 1 aromatic carbocycles. The van der Waals surface area contributed by atoms with Gasteiger partial charge in [-0.25, -0.2) is 0 Å². The average molecular weight is 370 g/mol. The van der Waals surface area contributed by atoms with Gasteiger partial charge in [0, 0.05) is 43.8 Å². The number of benzene rings is 1. The molecule has 0 aromatic heterocycles. The van der Waals surface area contributed by atoms with Gasteiger partial charge in [-0.05, 0) is 18.2 Å². The largest absolute Gasteiger partial charge is 0.394 e. The Bertz CT molecular complexity index is 596. The number of aliphatic hydroxyl groups is 2. The number of rotatable bonds is 5. The third kappa shape index (κ3) is 5.23. The first-order chi connectivity index (χ1) is 11.7. The maximum atomic E-state index is 12.4. The molecule has 1 unspecified atom stereocenters. The lowest BCUT2D eigenvalue weighted by atomic mass is 9.94. The smallest absolute Gasteiger partial charge is 0.228 e. The molecule has 0 radical (unpaired) electrons. The first-order valence-electron chi connectivity index (χ1n) is 8.59. The maximum absolute atomic E-state index is 12.4. The van der Waals surface area contributed by atoms with Crippen LogP contribution in [0.4, 0.5) is 11.4 Å². The van der Waals surface area contributed by atoms with Crippen LogP contribution in [0.3, 0.4) is 0 Å². The van der Waals surface area contributed by atoms with E-state index in [4.69, 9.17) is 16.7 Å². The molecule has 1 amide bonds. The van der Waals surface area contributed by atoms with E-state index in [0.29, 0.717) is 18.1 Å². The summed E-state index contributed by atoms with van der Waals surface area (Å²) in [7, 11) is 0. The van der Waals surface area contributed by atoms with Gasteiger partial charge in [0.05, 0.1) is 23.4 Å². The monoisotopic (exact) mass is 369 g/mol. The van der Waals surface area contributed by atoms with Gasteiger partial charge < -0.3 is 25.3 Å². The van der Waals surface area contributed by atoms with E-state index in [-0.39, 0.29) is 24.5 Å². The Hall–Kier alpha value is -1.50. The summed E-state index contributed by atoms with van der Waals surface area (Å²) in [5.74, 6) is 0.181. The summed E-state index contributed by atoms with van der Waals surface area (Å²) in [4.78, 5) is 16.5. The molecular weight excluding hydrogens is 342 g/mol. The van der Waals surface area contributed by atoms with Crippen LogP contribution < -0.4 is 10.2 Å². The fourth-order valence-corrected chi connectivity index (χ4v) is 3.10. The first kappa shape index (κ1) is 19.8. The molecule has 3 N–H and O–H groups in total. The van der Waals surface area contributed by atoms with Crippen LogP contribution in [0.1, 0.15) is 20.8 Å². The van der Waals surface area contributed by atoms with Gasteiger partial charge >= 0.3 is 0 Å². The second-order valence-corrected chi connectivity index (χ2v) is 7.82. The number of halogens is 1. The predicted molar refractivity (Wildman–Crippen MR) is 101 cm³/mol. The molecule has 1 fully saturated rings. The topological polar surface area (TPSA) is 76.0 Å². The van der Waals surface area contributed by atoms with Crippen LogP contribution in [0.5, 0.6) is 0 Å². The van der Waals surface area contributed by atoms with Crippen LogP contribution >= 0.6 is 11.6 Å². The summed E-state index contributed by atoms with van der Waals surface area (Å²) in [6, 6.07) is 5.66. The molecule has 6 nitrogen and oxygen atoms in total. The lowest BCUT2D eigenvalue weighted by Gasteiger charge is -2.39. The van der Waals surface area contributed by atoms with Crippen molar-refractivity contribution < 1.29 is 15.0 Å². The van der Waals surface area contributed by atoms with Crippen LogP contribution in [0.25, 0.3) is 0 Å². The lowest BCUT2D eigenvalue weighted by Crippen LogP contribution is -2.51. The van der Waals surface area contributed by atoms with Gasteiger partial charge in [-0.3, -0.25) is 4.79 Å². The number of anilines is 2. The van der Waals surface area contributed by atoms with E-state index in [1.807, 2.05) is 43.9 Å². The number of nitrogens with one attached hydrogen (secondary N) is 1. The molecule has 1 aliphatic rings. The molecule has 0 aliphatic carbocycles. The number of amides is 1. The van der Waals surface area contributed by atoms with Gasteiger partial charge in [0.1, 0.15) is 0 Å². The van der Waals surface area contributed by atoms with Gasteiger partial charge in [-0.15, -0.1) is 0 Å². The van der Waals surface area contributed by atoms with E-state index in [1.165, 1.54) is 0 Å². The van der Waals surface area contributed by atoms with Gasteiger partial charge in [0.2, 0.25) is 5.91 Å². The molecular formula is C18H28ClN3O3. The number of hydrogen-bond donors (Lipinski definition) is 3. The van der Waals surface area contributed by atoms with Crippen LogP contribution in [0.15, 0.2) is 18.2 Å². The summed E-state index contributed by atoms with van der Waals surface area (Å²) in [5.41, 5.74) is 1.38. The zero-order valence-corrected chi connectivity index (χ0v) is 15.9. The summed E-state index contributed by atoms with van der Waals surface area (Å²) in [6.07, 6.45) is -0.799. The molecule has 0 saturated carbocycles. The fraction of sp³-hybridized carbons (Fsp3) is 0.611. The molecule has 7 heteroatoms. The molecule has 1 atom stereocenters. The van der Waals surface area contributed by atoms with Crippen molar-refractivity contribution >= 4 is 28.9 Å². The normalized spacial score (nSPS) is 16.7. The van der Waals surface area contributed by atoms with Crippen LogP contribution in [-0.2, 0) is 4.79 Å². The van der Waals surface area contributed by atoms with Crippen molar-refractivity contribution in [1.29, 1.82) is 0 Å². The molecule has 0 spiro atoms. The highest BCUT2D eigenvalue weighted by Gasteiger charge is 2.30. The van der Waals surface area contributed by atoms with E-state index >= 15 is 0 Å². The number of carbonyl (C=O) groups excluding carboxylic acids is 1. The van der Waals surface area contributed by atoms with Crippen molar-refractivity contribution in [3.8, 4) is 0 Å². The Morgan fingerprint density at radius 3 is 2.44 bits per heavy atom. The minimum atomic E-state index is -0.799. The summed E-state index contributed by atoms with van der Waals surface area (Å²) >= 11 is 6.41. The first-order valence-corrected chi connectivity index (χ1v) is 8.97. The Kier molecular flexibility index (Phi) is 6.54. The second-order valence-electron chi connectivity index (χ2n) is 7.41. The highest BCUT2D eigenvalue weighted by molar-refractivity contribution is 6.33. The quantitative estimate of drug-likeness (QED) is 0.737. The van der Waals surface area contributed by atoms with E-state index in [1.54, 1.807) is 0 Å². The van der Waals surface area contributed by atoms with Crippen molar-refractivity contribution in [2.24, 2.45) is 5.41 Å².